The van der Waals surface area contributed by atoms with Crippen molar-refractivity contribution in [3.8, 4) is 0 Å². The van der Waals surface area contributed by atoms with Crippen molar-refractivity contribution in [1.29, 1.82) is 0 Å². The van der Waals surface area contributed by atoms with Crippen molar-refractivity contribution in [2.75, 3.05) is 0 Å². The maximum absolute atomic E-state index is 10.7. The van der Waals surface area contributed by atoms with Gasteiger partial charge in [-0.05, 0) is 18.9 Å². The lowest BCUT2D eigenvalue weighted by Gasteiger charge is -2.01. The van der Waals surface area contributed by atoms with Crippen molar-refractivity contribution in [1.82, 2.24) is 9.78 Å². The molecule has 0 saturated heterocycles. The van der Waals surface area contributed by atoms with Crippen LogP contribution in [0.2, 0.25) is 5.15 Å². The largest absolute Gasteiger partial charge is 0.303 e. The van der Waals surface area contributed by atoms with E-state index < -0.39 is 0 Å². The van der Waals surface area contributed by atoms with E-state index in [2.05, 4.69) is 5.10 Å². The number of carbonyl (C=O) groups is 1. The Bertz CT molecular complexity index is 322. The van der Waals surface area contributed by atoms with Gasteiger partial charge in [0, 0.05) is 18.9 Å². The van der Waals surface area contributed by atoms with E-state index in [1.54, 1.807) is 11.7 Å². The molecule has 2 rings (SSSR count). The van der Waals surface area contributed by atoms with Gasteiger partial charge >= 0.3 is 0 Å². The molecule has 1 aromatic heterocycles. The fourth-order valence-electron chi connectivity index (χ4n) is 1.44. The Morgan fingerprint density at radius 1 is 1.77 bits per heavy atom. The summed E-state index contributed by atoms with van der Waals surface area (Å²) in [5.41, 5.74) is 0.801. The van der Waals surface area contributed by atoms with Crippen LogP contribution in [0.4, 0.5) is 0 Å². The molecule has 0 aliphatic heterocycles. The second-order valence-electron chi connectivity index (χ2n) is 3.74. The molecule has 0 unspecified atom stereocenters. The number of aromatic nitrogens is 2. The predicted octanol–water partition coefficient (Wildman–Crippen LogP) is 1.60. The maximum Gasteiger partial charge on any atom is 0.126 e. The molecule has 0 amide bonds. The second kappa shape index (κ2) is 2.84. The third-order valence-corrected chi connectivity index (χ3v) is 2.90. The highest BCUT2D eigenvalue weighted by molar-refractivity contribution is 6.29. The van der Waals surface area contributed by atoms with Crippen molar-refractivity contribution in [2.24, 2.45) is 12.5 Å². The highest BCUT2D eigenvalue weighted by Gasteiger charge is 2.43. The Balaban J connectivity index is 2.14. The van der Waals surface area contributed by atoms with Gasteiger partial charge < -0.3 is 4.79 Å². The summed E-state index contributed by atoms with van der Waals surface area (Å²) in [7, 11) is 1.80. The Kier molecular flexibility index (Phi) is 1.91. The van der Waals surface area contributed by atoms with Crippen LogP contribution in [0.25, 0.3) is 0 Å². The highest BCUT2D eigenvalue weighted by Crippen LogP contribution is 2.46. The van der Waals surface area contributed by atoms with Gasteiger partial charge in [-0.15, -0.1) is 0 Å². The standard InChI is InChI=1S/C9H11ClN2O/c1-12-8(10)4-7(11-12)5-9(6-13)2-3-9/h4,6H,2-3,5H2,1H3. The van der Waals surface area contributed by atoms with Crippen LogP contribution in [0.3, 0.4) is 0 Å². The van der Waals surface area contributed by atoms with E-state index in [1.165, 1.54) is 0 Å². The fraction of sp³-hybridized carbons (Fsp3) is 0.556. The van der Waals surface area contributed by atoms with Crippen LogP contribution < -0.4 is 0 Å². The van der Waals surface area contributed by atoms with Gasteiger partial charge in [-0.1, -0.05) is 11.6 Å². The first-order valence-electron chi connectivity index (χ1n) is 4.30. The van der Waals surface area contributed by atoms with Crippen molar-refractivity contribution in [2.45, 2.75) is 19.3 Å². The van der Waals surface area contributed by atoms with Gasteiger partial charge in [-0.2, -0.15) is 5.10 Å². The van der Waals surface area contributed by atoms with Gasteiger partial charge in [0.2, 0.25) is 0 Å². The molecule has 0 aromatic carbocycles. The number of carbonyl (C=O) groups excluding carboxylic acids is 1. The van der Waals surface area contributed by atoms with Crippen molar-refractivity contribution in [3.63, 3.8) is 0 Å². The molecule has 1 aliphatic carbocycles. The highest BCUT2D eigenvalue weighted by atomic mass is 35.5. The van der Waals surface area contributed by atoms with Crippen LogP contribution in [-0.2, 0) is 18.3 Å². The Labute approximate surface area is 81.7 Å². The van der Waals surface area contributed by atoms with Gasteiger partial charge in [-0.3, -0.25) is 4.68 Å². The van der Waals surface area contributed by atoms with Gasteiger partial charge in [0.1, 0.15) is 11.4 Å². The molecule has 1 saturated carbocycles. The van der Waals surface area contributed by atoms with Gasteiger partial charge in [0.05, 0.1) is 5.69 Å². The Morgan fingerprint density at radius 2 is 2.46 bits per heavy atom. The smallest absolute Gasteiger partial charge is 0.126 e. The van der Waals surface area contributed by atoms with Crippen LogP contribution >= 0.6 is 11.6 Å². The van der Waals surface area contributed by atoms with Crippen LogP contribution in [0.1, 0.15) is 18.5 Å². The van der Waals surface area contributed by atoms with E-state index in [0.29, 0.717) is 5.15 Å². The fourth-order valence-corrected chi connectivity index (χ4v) is 1.61. The molecule has 0 atom stereocenters. The molecule has 1 aromatic rings. The first kappa shape index (κ1) is 8.75. The van der Waals surface area contributed by atoms with Crippen LogP contribution in [0.5, 0.6) is 0 Å². The van der Waals surface area contributed by atoms with E-state index in [-0.39, 0.29) is 5.41 Å². The average Bonchev–Trinajstić information content (AvgIpc) is 2.78. The minimum absolute atomic E-state index is 0.113. The van der Waals surface area contributed by atoms with Crippen molar-refractivity contribution in [3.05, 3.63) is 16.9 Å². The summed E-state index contributed by atoms with van der Waals surface area (Å²) in [4.78, 5) is 10.7. The molecule has 70 valence electrons. The number of rotatable bonds is 3. The number of hydrogen-bond acceptors (Lipinski definition) is 2. The minimum Gasteiger partial charge on any atom is -0.303 e. The molecule has 1 heterocycles. The molecule has 4 heteroatoms. The van der Waals surface area contributed by atoms with Gasteiger partial charge in [0.25, 0.3) is 0 Å². The lowest BCUT2D eigenvalue weighted by atomic mass is 10.0. The van der Waals surface area contributed by atoms with Gasteiger partial charge in [-0.25, -0.2) is 0 Å². The zero-order valence-electron chi connectivity index (χ0n) is 7.46. The molecule has 13 heavy (non-hydrogen) atoms. The molecule has 0 spiro atoms. The topological polar surface area (TPSA) is 34.9 Å². The molecule has 0 bridgehead atoms. The summed E-state index contributed by atoms with van der Waals surface area (Å²) >= 11 is 5.83. The van der Waals surface area contributed by atoms with Crippen LogP contribution in [0.15, 0.2) is 6.07 Å². The number of nitrogens with zero attached hydrogens (tertiary/aromatic N) is 2. The molecule has 0 N–H and O–H groups in total. The summed E-state index contributed by atoms with van der Waals surface area (Å²) in [5, 5.41) is 4.83. The molecular weight excluding hydrogens is 188 g/mol. The SMILES string of the molecule is Cn1nc(CC2(C=O)CC2)cc1Cl. The number of halogens is 1. The molecular formula is C9H11ClN2O. The first-order valence-corrected chi connectivity index (χ1v) is 4.68. The molecule has 1 fully saturated rings. The Morgan fingerprint density at radius 3 is 2.85 bits per heavy atom. The van der Waals surface area contributed by atoms with Crippen LogP contribution in [0, 0.1) is 5.41 Å². The summed E-state index contributed by atoms with van der Waals surface area (Å²) in [6.07, 6.45) is 3.77. The zero-order chi connectivity index (χ0) is 9.47. The maximum atomic E-state index is 10.7. The second-order valence-corrected chi connectivity index (χ2v) is 4.13. The molecule has 0 radical (unpaired) electrons. The molecule has 1 aliphatic rings. The summed E-state index contributed by atoms with van der Waals surface area (Å²) < 4.78 is 1.62. The van der Waals surface area contributed by atoms with Crippen molar-refractivity contribution >= 4 is 17.9 Å². The van der Waals surface area contributed by atoms with Crippen molar-refractivity contribution < 1.29 is 4.79 Å². The van der Waals surface area contributed by atoms with E-state index in [9.17, 15) is 4.79 Å². The lowest BCUT2D eigenvalue weighted by Crippen LogP contribution is -2.07. The van der Waals surface area contributed by atoms with Gasteiger partial charge in [0.15, 0.2) is 0 Å². The van der Waals surface area contributed by atoms with E-state index in [1.807, 2.05) is 6.07 Å². The monoisotopic (exact) mass is 198 g/mol. The predicted molar refractivity (Wildman–Crippen MR) is 49.7 cm³/mol. The lowest BCUT2D eigenvalue weighted by molar-refractivity contribution is -0.112. The van der Waals surface area contributed by atoms with E-state index >= 15 is 0 Å². The number of aldehydes is 1. The quantitative estimate of drug-likeness (QED) is 0.692. The molecule has 3 nitrogen and oxygen atoms in total. The average molecular weight is 199 g/mol. The third-order valence-electron chi connectivity index (χ3n) is 2.55. The Hall–Kier alpha value is -0.830. The zero-order valence-corrected chi connectivity index (χ0v) is 8.21. The number of hydrogen-bond donors (Lipinski definition) is 0. The summed E-state index contributed by atoms with van der Waals surface area (Å²) in [6, 6.07) is 1.82. The van der Waals surface area contributed by atoms with Crippen LogP contribution in [-0.4, -0.2) is 16.1 Å². The minimum atomic E-state index is -0.113. The first-order chi connectivity index (χ1) is 6.15. The van der Waals surface area contributed by atoms with E-state index in [4.69, 9.17) is 11.6 Å². The number of aryl methyl sites for hydroxylation is 1. The third kappa shape index (κ3) is 1.61. The van der Waals surface area contributed by atoms with E-state index in [0.717, 1.165) is 31.2 Å². The summed E-state index contributed by atoms with van der Waals surface area (Å²) in [5.74, 6) is 0. The summed E-state index contributed by atoms with van der Waals surface area (Å²) in [6.45, 7) is 0. The normalized spacial score (nSPS) is 18.6.